The van der Waals surface area contributed by atoms with Crippen LogP contribution >= 0.6 is 11.3 Å². The summed E-state index contributed by atoms with van der Waals surface area (Å²) in [7, 11) is 0. The van der Waals surface area contributed by atoms with Crippen LogP contribution in [0.4, 0.5) is 0 Å². The Kier molecular flexibility index (Phi) is 4.31. The summed E-state index contributed by atoms with van der Waals surface area (Å²) in [6.07, 6.45) is 9.44. The fourth-order valence-electron chi connectivity index (χ4n) is 3.07. The van der Waals surface area contributed by atoms with Gasteiger partial charge in [-0.25, -0.2) is 0 Å². The van der Waals surface area contributed by atoms with E-state index in [1.54, 1.807) is 11.3 Å². The van der Waals surface area contributed by atoms with Gasteiger partial charge >= 0.3 is 0 Å². The van der Waals surface area contributed by atoms with Crippen LogP contribution in [0, 0.1) is 0 Å². The molecule has 1 atom stereocenters. The molecular formula is C14H23N5S. The van der Waals surface area contributed by atoms with E-state index in [4.69, 9.17) is 10.8 Å². The Morgan fingerprint density at radius 2 is 2.10 bits per heavy atom. The third kappa shape index (κ3) is 2.86. The monoisotopic (exact) mass is 293 g/mol. The average Bonchev–Trinajstić information content (AvgIpc) is 2.99. The lowest BCUT2D eigenvalue weighted by atomic mass is 9.89. The molecule has 0 radical (unpaired) electrons. The Balaban J connectivity index is 1.79. The van der Waals surface area contributed by atoms with Gasteiger partial charge in [0.15, 0.2) is 5.82 Å². The molecule has 3 rings (SSSR count). The summed E-state index contributed by atoms with van der Waals surface area (Å²) in [6.45, 7) is 2.17. The second-order valence-corrected chi connectivity index (χ2v) is 6.88. The second kappa shape index (κ2) is 6.18. The Labute approximate surface area is 123 Å². The molecule has 20 heavy (non-hydrogen) atoms. The summed E-state index contributed by atoms with van der Waals surface area (Å²) in [5.74, 6) is 1.60. The van der Waals surface area contributed by atoms with Crippen LogP contribution in [-0.4, -0.2) is 25.9 Å². The third-order valence-corrected chi connectivity index (χ3v) is 5.04. The fraction of sp³-hybridized carbons (Fsp3) is 0.786. The highest BCUT2D eigenvalue weighted by molar-refractivity contribution is 7.16. The van der Waals surface area contributed by atoms with Gasteiger partial charge in [0, 0.05) is 18.4 Å². The van der Waals surface area contributed by atoms with Crippen molar-refractivity contribution in [2.24, 2.45) is 5.73 Å². The Bertz CT molecular complexity index is 555. The average molecular weight is 293 g/mol. The summed E-state index contributed by atoms with van der Waals surface area (Å²) in [5, 5.41) is 14.5. The maximum absolute atomic E-state index is 6.11. The minimum absolute atomic E-state index is 0.210. The minimum atomic E-state index is 0.210. The summed E-state index contributed by atoms with van der Waals surface area (Å²) >= 11 is 1.63. The van der Waals surface area contributed by atoms with Gasteiger partial charge in [0.2, 0.25) is 4.96 Å². The smallest absolute Gasteiger partial charge is 0.234 e. The molecule has 1 aliphatic rings. The lowest BCUT2D eigenvalue weighted by molar-refractivity contribution is 0.422. The maximum atomic E-state index is 6.11. The zero-order chi connectivity index (χ0) is 13.9. The van der Waals surface area contributed by atoms with E-state index in [-0.39, 0.29) is 6.04 Å². The Morgan fingerprint density at radius 3 is 2.85 bits per heavy atom. The van der Waals surface area contributed by atoms with E-state index >= 15 is 0 Å². The van der Waals surface area contributed by atoms with Crippen molar-refractivity contribution < 1.29 is 0 Å². The molecule has 0 spiro atoms. The van der Waals surface area contributed by atoms with Crippen LogP contribution < -0.4 is 5.73 Å². The first kappa shape index (κ1) is 13.9. The van der Waals surface area contributed by atoms with Crippen LogP contribution in [-0.2, 0) is 6.42 Å². The molecule has 2 aromatic heterocycles. The van der Waals surface area contributed by atoms with Crippen molar-refractivity contribution in [2.75, 3.05) is 0 Å². The molecule has 2 aromatic rings. The number of hydrogen-bond acceptors (Lipinski definition) is 5. The summed E-state index contributed by atoms with van der Waals surface area (Å²) in [4.78, 5) is 0.921. The van der Waals surface area contributed by atoms with Crippen molar-refractivity contribution in [3.8, 4) is 0 Å². The van der Waals surface area contributed by atoms with Crippen molar-refractivity contribution in [2.45, 2.75) is 70.3 Å². The van der Waals surface area contributed by atoms with Gasteiger partial charge in [0.25, 0.3) is 0 Å². The predicted molar refractivity (Wildman–Crippen MR) is 81.1 cm³/mol. The SMILES string of the molecule is CCCC(N)Cc1nn2c(C3CCCCC3)nnc2s1. The maximum Gasteiger partial charge on any atom is 0.234 e. The Hall–Kier alpha value is -1.01. The predicted octanol–water partition coefficient (Wildman–Crippen LogP) is 2.90. The van der Waals surface area contributed by atoms with E-state index < -0.39 is 0 Å². The quantitative estimate of drug-likeness (QED) is 0.920. The molecule has 0 bridgehead atoms. The molecule has 1 fully saturated rings. The van der Waals surface area contributed by atoms with Gasteiger partial charge < -0.3 is 5.73 Å². The van der Waals surface area contributed by atoms with E-state index in [1.165, 1.54) is 32.1 Å². The number of rotatable bonds is 5. The number of fused-ring (bicyclic) bond motifs is 1. The summed E-state index contributed by atoms with van der Waals surface area (Å²) in [6, 6.07) is 0.210. The van der Waals surface area contributed by atoms with Crippen LogP contribution in [0.2, 0.25) is 0 Å². The van der Waals surface area contributed by atoms with Crippen molar-refractivity contribution in [3.63, 3.8) is 0 Å². The molecule has 0 saturated heterocycles. The lowest BCUT2D eigenvalue weighted by Gasteiger charge is -2.18. The van der Waals surface area contributed by atoms with E-state index in [0.29, 0.717) is 5.92 Å². The number of nitrogens with two attached hydrogens (primary N) is 1. The van der Waals surface area contributed by atoms with Crippen LogP contribution in [0.15, 0.2) is 0 Å². The van der Waals surface area contributed by atoms with E-state index in [1.807, 2.05) is 4.52 Å². The molecule has 2 N–H and O–H groups in total. The zero-order valence-electron chi connectivity index (χ0n) is 12.1. The van der Waals surface area contributed by atoms with Gasteiger partial charge in [0.05, 0.1) is 0 Å². The van der Waals surface area contributed by atoms with Crippen molar-refractivity contribution >= 4 is 16.3 Å². The summed E-state index contributed by atoms with van der Waals surface area (Å²) < 4.78 is 1.97. The van der Waals surface area contributed by atoms with E-state index in [0.717, 1.165) is 35.1 Å². The molecule has 2 heterocycles. The minimum Gasteiger partial charge on any atom is -0.327 e. The van der Waals surface area contributed by atoms with E-state index in [9.17, 15) is 0 Å². The van der Waals surface area contributed by atoms with Gasteiger partial charge in [-0.1, -0.05) is 43.9 Å². The standard InChI is InChI=1S/C14H23N5S/c1-2-6-11(15)9-12-18-19-13(16-17-14(19)20-12)10-7-4-3-5-8-10/h10-11H,2-9,15H2,1H3. The zero-order valence-corrected chi connectivity index (χ0v) is 12.9. The number of aromatic nitrogens is 4. The lowest BCUT2D eigenvalue weighted by Crippen LogP contribution is -2.22. The molecular weight excluding hydrogens is 270 g/mol. The molecule has 1 saturated carbocycles. The molecule has 1 unspecified atom stereocenters. The van der Waals surface area contributed by atoms with E-state index in [2.05, 4.69) is 17.1 Å². The highest BCUT2D eigenvalue weighted by Gasteiger charge is 2.23. The fourth-order valence-corrected chi connectivity index (χ4v) is 4.00. The first-order chi connectivity index (χ1) is 9.78. The normalized spacial score (nSPS) is 18.7. The Morgan fingerprint density at radius 1 is 1.30 bits per heavy atom. The highest BCUT2D eigenvalue weighted by Crippen LogP contribution is 2.32. The molecule has 0 aromatic carbocycles. The topological polar surface area (TPSA) is 69.1 Å². The van der Waals surface area contributed by atoms with Crippen LogP contribution in [0.25, 0.3) is 4.96 Å². The second-order valence-electron chi connectivity index (χ2n) is 5.84. The van der Waals surface area contributed by atoms with Gasteiger partial charge in [-0.3, -0.25) is 0 Å². The first-order valence-corrected chi connectivity index (χ1v) is 8.56. The number of nitrogens with zero attached hydrogens (tertiary/aromatic N) is 4. The van der Waals surface area contributed by atoms with Crippen LogP contribution in [0.5, 0.6) is 0 Å². The van der Waals surface area contributed by atoms with Crippen LogP contribution in [0.1, 0.15) is 68.6 Å². The van der Waals surface area contributed by atoms with Crippen molar-refractivity contribution in [1.82, 2.24) is 19.8 Å². The van der Waals surface area contributed by atoms with Gasteiger partial charge in [-0.05, 0) is 19.3 Å². The molecule has 0 aliphatic heterocycles. The first-order valence-electron chi connectivity index (χ1n) is 7.74. The van der Waals surface area contributed by atoms with Crippen LogP contribution in [0.3, 0.4) is 0 Å². The van der Waals surface area contributed by atoms with Gasteiger partial charge in [-0.15, -0.1) is 10.2 Å². The highest BCUT2D eigenvalue weighted by atomic mass is 32.1. The molecule has 5 nitrogen and oxygen atoms in total. The third-order valence-electron chi connectivity index (χ3n) is 4.12. The molecule has 0 amide bonds. The van der Waals surface area contributed by atoms with Crippen molar-refractivity contribution in [3.05, 3.63) is 10.8 Å². The largest absolute Gasteiger partial charge is 0.327 e. The molecule has 110 valence electrons. The molecule has 1 aliphatic carbocycles. The summed E-state index contributed by atoms with van der Waals surface area (Å²) in [5.41, 5.74) is 6.11. The number of hydrogen-bond donors (Lipinski definition) is 1. The molecule has 6 heteroatoms. The van der Waals surface area contributed by atoms with Crippen molar-refractivity contribution in [1.29, 1.82) is 0 Å². The van der Waals surface area contributed by atoms with Gasteiger partial charge in [-0.2, -0.15) is 9.61 Å². The van der Waals surface area contributed by atoms with Gasteiger partial charge in [0.1, 0.15) is 5.01 Å².